The minimum atomic E-state index is -3.11. The zero-order valence-corrected chi connectivity index (χ0v) is 21.4. The topological polar surface area (TPSA) is 108 Å². The highest BCUT2D eigenvalue weighted by Gasteiger charge is 2.29. The third-order valence-electron chi connectivity index (χ3n) is 5.07. The van der Waals surface area contributed by atoms with Crippen LogP contribution in [-0.2, 0) is 9.84 Å². The maximum Gasteiger partial charge on any atom is 0.287 e. The molecule has 33 heavy (non-hydrogen) atoms. The number of nitrogens with one attached hydrogen (secondary N) is 1. The number of halogens is 3. The van der Waals surface area contributed by atoms with E-state index in [0.717, 1.165) is 3.57 Å². The highest BCUT2D eigenvalue weighted by Crippen LogP contribution is 2.33. The molecule has 1 aromatic heterocycles. The number of nitriles is 1. The minimum absolute atomic E-state index is 0.0545. The summed E-state index contributed by atoms with van der Waals surface area (Å²) in [5.41, 5.74) is 4.19. The first-order valence-corrected chi connectivity index (χ1v) is 13.3. The summed E-state index contributed by atoms with van der Waals surface area (Å²) in [5.74, 6) is -0.719. The van der Waals surface area contributed by atoms with E-state index in [0.29, 0.717) is 27.0 Å². The van der Waals surface area contributed by atoms with Crippen LogP contribution in [0.3, 0.4) is 0 Å². The van der Waals surface area contributed by atoms with E-state index in [1.807, 2.05) is 24.3 Å². The van der Waals surface area contributed by atoms with Gasteiger partial charge in [-0.1, -0.05) is 35.3 Å². The van der Waals surface area contributed by atoms with Crippen molar-refractivity contribution in [2.24, 2.45) is 0 Å². The second-order valence-electron chi connectivity index (χ2n) is 7.28. The fourth-order valence-electron chi connectivity index (χ4n) is 3.41. The molecule has 12 heteroatoms. The van der Waals surface area contributed by atoms with Gasteiger partial charge >= 0.3 is 0 Å². The van der Waals surface area contributed by atoms with Crippen LogP contribution in [0.5, 0.6) is 0 Å². The largest absolute Gasteiger partial charge is 0.287 e. The van der Waals surface area contributed by atoms with Gasteiger partial charge in [0.05, 0.1) is 27.9 Å². The van der Waals surface area contributed by atoms with Crippen LogP contribution in [0.1, 0.15) is 16.1 Å². The number of hydrazine groups is 1. The van der Waals surface area contributed by atoms with E-state index in [9.17, 15) is 18.5 Å². The van der Waals surface area contributed by atoms with Crippen molar-refractivity contribution in [1.82, 2.24) is 20.2 Å². The Morgan fingerprint density at radius 1 is 1.12 bits per heavy atom. The van der Waals surface area contributed by atoms with Crippen LogP contribution < -0.4 is 5.43 Å². The summed E-state index contributed by atoms with van der Waals surface area (Å²) in [5, 5.41) is 16.7. The van der Waals surface area contributed by atoms with Gasteiger partial charge in [-0.05, 0) is 52.9 Å². The Morgan fingerprint density at radius 3 is 2.39 bits per heavy atom. The van der Waals surface area contributed by atoms with Crippen LogP contribution in [0.4, 0.5) is 0 Å². The summed E-state index contributed by atoms with van der Waals surface area (Å²) in [6.45, 7) is 0.313. The molecule has 2 aromatic carbocycles. The van der Waals surface area contributed by atoms with Crippen LogP contribution in [0, 0.1) is 14.9 Å². The van der Waals surface area contributed by atoms with Gasteiger partial charge in [-0.3, -0.25) is 10.2 Å². The van der Waals surface area contributed by atoms with Gasteiger partial charge in [-0.15, -0.1) is 0 Å². The molecular formula is C21H16Cl2IN5O3S. The normalized spacial score (nSPS) is 15.7. The number of amides is 1. The third-order valence-corrected chi connectivity index (χ3v) is 7.94. The molecule has 4 rings (SSSR count). The summed E-state index contributed by atoms with van der Waals surface area (Å²) in [4.78, 5) is 13.1. The summed E-state index contributed by atoms with van der Waals surface area (Å²) in [6.07, 6.45) is 0. The van der Waals surface area contributed by atoms with E-state index >= 15 is 0 Å². The van der Waals surface area contributed by atoms with Gasteiger partial charge < -0.3 is 0 Å². The monoisotopic (exact) mass is 615 g/mol. The predicted octanol–water partition coefficient (Wildman–Crippen LogP) is 3.70. The van der Waals surface area contributed by atoms with Gasteiger partial charge in [0.15, 0.2) is 15.5 Å². The number of aromatic nitrogens is 2. The van der Waals surface area contributed by atoms with Gasteiger partial charge in [-0.2, -0.15) is 10.4 Å². The molecule has 1 aliphatic heterocycles. The van der Waals surface area contributed by atoms with Crippen molar-refractivity contribution in [3.8, 4) is 23.0 Å². The zero-order valence-electron chi connectivity index (χ0n) is 16.9. The van der Waals surface area contributed by atoms with E-state index in [1.165, 1.54) is 9.69 Å². The number of nitrogens with zero attached hydrogens (tertiary/aromatic N) is 4. The van der Waals surface area contributed by atoms with Crippen molar-refractivity contribution in [3.05, 3.63) is 67.3 Å². The Hall–Kier alpha value is -2.17. The molecule has 1 aliphatic rings. The maximum atomic E-state index is 13.1. The highest BCUT2D eigenvalue weighted by molar-refractivity contribution is 14.1. The van der Waals surface area contributed by atoms with E-state index in [1.54, 1.807) is 18.2 Å². The van der Waals surface area contributed by atoms with Crippen LogP contribution in [0.25, 0.3) is 16.9 Å². The van der Waals surface area contributed by atoms with Crippen molar-refractivity contribution in [2.75, 3.05) is 24.6 Å². The third kappa shape index (κ3) is 5.17. The number of rotatable bonds is 4. The van der Waals surface area contributed by atoms with E-state index in [2.05, 4.69) is 39.2 Å². The van der Waals surface area contributed by atoms with E-state index < -0.39 is 15.7 Å². The van der Waals surface area contributed by atoms with Crippen LogP contribution in [0.2, 0.25) is 10.0 Å². The fourth-order valence-corrected chi connectivity index (χ4v) is 5.45. The molecule has 3 aromatic rings. The van der Waals surface area contributed by atoms with Crippen LogP contribution in [0.15, 0.2) is 42.5 Å². The molecule has 1 fully saturated rings. The molecule has 0 radical (unpaired) electrons. The minimum Gasteiger partial charge on any atom is -0.283 e. The van der Waals surface area contributed by atoms with Gasteiger partial charge in [0.2, 0.25) is 0 Å². The van der Waals surface area contributed by atoms with Crippen LogP contribution in [-0.4, -0.2) is 53.7 Å². The van der Waals surface area contributed by atoms with E-state index in [-0.39, 0.29) is 35.9 Å². The maximum absolute atomic E-state index is 13.1. The number of sulfone groups is 1. The second-order valence-corrected chi connectivity index (χ2v) is 11.7. The lowest BCUT2D eigenvalue weighted by atomic mass is 10.1. The Labute approximate surface area is 214 Å². The molecule has 0 unspecified atom stereocenters. The molecule has 170 valence electrons. The van der Waals surface area contributed by atoms with Crippen molar-refractivity contribution < 1.29 is 13.2 Å². The standard InChI is InChI=1S/C21H16Cl2IN5O3S/c22-14-3-6-18(17(23)11-14)29-20(13-1-4-15(24)5-2-13)16(12-25)19(26-29)21(30)27-28-7-9-33(31,32)10-8-28/h1-6,11H,7-10H2,(H,27,30). The lowest BCUT2D eigenvalue weighted by molar-refractivity contribution is 0.0796. The molecule has 2 heterocycles. The zero-order chi connectivity index (χ0) is 23.8. The average molecular weight is 616 g/mol. The van der Waals surface area contributed by atoms with Gasteiger partial charge in [0.25, 0.3) is 5.91 Å². The summed E-state index contributed by atoms with van der Waals surface area (Å²) < 4.78 is 25.8. The Balaban J connectivity index is 1.80. The smallest absolute Gasteiger partial charge is 0.283 e. The molecule has 0 atom stereocenters. The number of carbonyl (C=O) groups excluding carboxylic acids is 1. The predicted molar refractivity (Wildman–Crippen MR) is 134 cm³/mol. The number of hydrogen-bond acceptors (Lipinski definition) is 6. The Morgan fingerprint density at radius 2 is 1.79 bits per heavy atom. The summed E-state index contributed by atoms with van der Waals surface area (Å²) in [7, 11) is -3.11. The van der Waals surface area contributed by atoms with E-state index in [4.69, 9.17) is 23.2 Å². The van der Waals surface area contributed by atoms with Gasteiger partial charge in [0.1, 0.15) is 11.6 Å². The molecule has 0 saturated carbocycles. The summed E-state index contributed by atoms with van der Waals surface area (Å²) >= 11 is 14.6. The van der Waals surface area contributed by atoms with Crippen molar-refractivity contribution in [3.63, 3.8) is 0 Å². The molecule has 0 bridgehead atoms. The number of benzene rings is 2. The molecule has 0 aliphatic carbocycles. The average Bonchev–Trinajstić information content (AvgIpc) is 3.15. The Bertz CT molecular complexity index is 1370. The number of carbonyl (C=O) groups is 1. The molecular weight excluding hydrogens is 600 g/mol. The first kappa shape index (κ1) is 24.0. The lowest BCUT2D eigenvalue weighted by Crippen LogP contribution is -2.50. The summed E-state index contributed by atoms with van der Waals surface area (Å²) in [6, 6.07) is 14.4. The highest BCUT2D eigenvalue weighted by atomic mass is 127. The molecule has 0 spiro atoms. The molecule has 1 saturated heterocycles. The fraction of sp³-hybridized carbons (Fsp3) is 0.190. The first-order valence-electron chi connectivity index (χ1n) is 9.69. The quantitative estimate of drug-likeness (QED) is 0.449. The van der Waals surface area contributed by atoms with Gasteiger partial charge in [-0.25, -0.2) is 18.1 Å². The lowest BCUT2D eigenvalue weighted by Gasteiger charge is -2.26. The second kappa shape index (κ2) is 9.60. The van der Waals surface area contributed by atoms with Crippen molar-refractivity contribution in [1.29, 1.82) is 5.26 Å². The van der Waals surface area contributed by atoms with Crippen molar-refractivity contribution in [2.45, 2.75) is 0 Å². The van der Waals surface area contributed by atoms with Gasteiger partial charge in [0, 0.05) is 27.2 Å². The SMILES string of the molecule is N#Cc1c(C(=O)NN2CCS(=O)(=O)CC2)nn(-c2ccc(Cl)cc2Cl)c1-c1ccc(I)cc1. The molecule has 1 amide bonds. The first-order chi connectivity index (χ1) is 15.7. The van der Waals surface area contributed by atoms with Crippen LogP contribution >= 0.6 is 45.8 Å². The Kier molecular flexibility index (Phi) is 6.97. The molecule has 1 N–H and O–H groups in total. The number of hydrogen-bond donors (Lipinski definition) is 1. The molecule has 8 nitrogen and oxygen atoms in total. The van der Waals surface area contributed by atoms with Crippen molar-refractivity contribution >= 4 is 61.5 Å².